The highest BCUT2D eigenvalue weighted by molar-refractivity contribution is 7.99. The van der Waals surface area contributed by atoms with Crippen molar-refractivity contribution in [1.82, 2.24) is 15.1 Å². The van der Waals surface area contributed by atoms with Gasteiger partial charge in [0.1, 0.15) is 0 Å². The fourth-order valence-electron chi connectivity index (χ4n) is 2.76. The zero-order chi connectivity index (χ0) is 13.0. The number of hydrogen-bond acceptors (Lipinski definition) is 3. The van der Waals surface area contributed by atoms with E-state index >= 15 is 0 Å². The molecule has 0 aromatic carbocycles. The van der Waals surface area contributed by atoms with Crippen LogP contribution in [0.2, 0.25) is 0 Å². The second-order valence-corrected chi connectivity index (χ2v) is 6.23. The van der Waals surface area contributed by atoms with Crippen LogP contribution in [0.1, 0.15) is 44.0 Å². The number of nitrogens with zero attached hydrogens (tertiary/aromatic N) is 2. The SMILES string of the molecule is CCc1cc(CNC2CCCCC2SC)n(C)n1. The van der Waals surface area contributed by atoms with E-state index in [1.54, 1.807) is 0 Å². The highest BCUT2D eigenvalue weighted by Crippen LogP contribution is 2.27. The van der Waals surface area contributed by atoms with Crippen molar-refractivity contribution in [2.45, 2.75) is 56.9 Å². The largest absolute Gasteiger partial charge is 0.307 e. The Morgan fingerprint density at radius 1 is 1.44 bits per heavy atom. The van der Waals surface area contributed by atoms with Gasteiger partial charge in [-0.15, -0.1) is 0 Å². The molecule has 2 unspecified atom stereocenters. The highest BCUT2D eigenvalue weighted by Gasteiger charge is 2.23. The fourth-order valence-corrected chi connectivity index (χ4v) is 3.72. The summed E-state index contributed by atoms with van der Waals surface area (Å²) in [6, 6.07) is 2.90. The molecule has 18 heavy (non-hydrogen) atoms. The van der Waals surface area contributed by atoms with Crippen LogP contribution in [0.3, 0.4) is 0 Å². The van der Waals surface area contributed by atoms with Crippen molar-refractivity contribution in [3.63, 3.8) is 0 Å². The average Bonchev–Trinajstić information content (AvgIpc) is 2.77. The third kappa shape index (κ3) is 3.29. The van der Waals surface area contributed by atoms with Crippen molar-refractivity contribution < 1.29 is 0 Å². The Labute approximate surface area is 115 Å². The van der Waals surface area contributed by atoms with Gasteiger partial charge in [-0.1, -0.05) is 19.8 Å². The van der Waals surface area contributed by atoms with E-state index in [1.807, 2.05) is 23.5 Å². The molecule has 1 aromatic heterocycles. The summed E-state index contributed by atoms with van der Waals surface area (Å²) in [6.07, 6.45) is 8.72. The molecule has 1 N–H and O–H groups in total. The lowest BCUT2D eigenvalue weighted by Gasteiger charge is -2.31. The summed E-state index contributed by atoms with van der Waals surface area (Å²) in [5.74, 6) is 0. The Bertz CT molecular complexity index is 375. The molecule has 1 saturated carbocycles. The van der Waals surface area contributed by atoms with Crippen LogP contribution in [0.15, 0.2) is 6.07 Å². The molecule has 0 amide bonds. The van der Waals surface area contributed by atoms with E-state index in [9.17, 15) is 0 Å². The minimum Gasteiger partial charge on any atom is -0.307 e. The molecule has 1 fully saturated rings. The van der Waals surface area contributed by atoms with Crippen LogP contribution < -0.4 is 5.32 Å². The minimum atomic E-state index is 0.675. The molecule has 3 nitrogen and oxygen atoms in total. The third-order valence-electron chi connectivity index (χ3n) is 3.94. The summed E-state index contributed by atoms with van der Waals surface area (Å²) >= 11 is 2.02. The third-order valence-corrected chi connectivity index (χ3v) is 5.11. The van der Waals surface area contributed by atoms with Gasteiger partial charge in [-0.2, -0.15) is 16.9 Å². The quantitative estimate of drug-likeness (QED) is 0.889. The molecule has 0 aliphatic heterocycles. The first-order chi connectivity index (χ1) is 8.74. The molecular formula is C14H25N3S. The van der Waals surface area contributed by atoms with Crippen molar-refractivity contribution in [3.05, 3.63) is 17.5 Å². The summed E-state index contributed by atoms with van der Waals surface area (Å²) < 4.78 is 2.02. The van der Waals surface area contributed by atoms with E-state index in [0.29, 0.717) is 6.04 Å². The van der Waals surface area contributed by atoms with Crippen LogP contribution in [-0.2, 0) is 20.0 Å². The van der Waals surface area contributed by atoms with Gasteiger partial charge in [0.15, 0.2) is 0 Å². The molecular weight excluding hydrogens is 242 g/mol. The van der Waals surface area contributed by atoms with E-state index in [0.717, 1.165) is 18.2 Å². The Hall–Kier alpha value is -0.480. The smallest absolute Gasteiger partial charge is 0.0625 e. The Morgan fingerprint density at radius 3 is 2.89 bits per heavy atom. The topological polar surface area (TPSA) is 29.9 Å². The first kappa shape index (κ1) is 13.9. The molecule has 1 heterocycles. The van der Waals surface area contributed by atoms with Crippen molar-refractivity contribution in [1.29, 1.82) is 0 Å². The number of rotatable bonds is 5. The maximum Gasteiger partial charge on any atom is 0.0625 e. The van der Waals surface area contributed by atoms with Gasteiger partial charge in [-0.3, -0.25) is 4.68 Å². The molecule has 1 aliphatic carbocycles. The van der Waals surface area contributed by atoms with Crippen LogP contribution in [0.5, 0.6) is 0 Å². The lowest BCUT2D eigenvalue weighted by Crippen LogP contribution is -2.40. The maximum absolute atomic E-state index is 4.50. The summed E-state index contributed by atoms with van der Waals surface area (Å²) in [4.78, 5) is 0. The molecule has 0 bridgehead atoms. The lowest BCUT2D eigenvalue weighted by molar-refractivity contribution is 0.379. The predicted molar refractivity (Wildman–Crippen MR) is 79.0 cm³/mol. The number of aryl methyl sites for hydroxylation is 2. The number of nitrogens with one attached hydrogen (secondary N) is 1. The summed E-state index contributed by atoms with van der Waals surface area (Å²) in [6.45, 7) is 3.11. The summed E-state index contributed by atoms with van der Waals surface area (Å²) in [5, 5.41) is 9.03. The van der Waals surface area contributed by atoms with E-state index in [-0.39, 0.29) is 0 Å². The highest BCUT2D eigenvalue weighted by atomic mass is 32.2. The monoisotopic (exact) mass is 267 g/mol. The lowest BCUT2D eigenvalue weighted by atomic mass is 9.95. The molecule has 1 aromatic rings. The molecule has 102 valence electrons. The van der Waals surface area contributed by atoms with Crippen LogP contribution in [0.4, 0.5) is 0 Å². The van der Waals surface area contributed by atoms with Gasteiger partial charge in [0.25, 0.3) is 0 Å². The van der Waals surface area contributed by atoms with Crippen molar-refractivity contribution >= 4 is 11.8 Å². The number of hydrogen-bond donors (Lipinski definition) is 1. The van der Waals surface area contributed by atoms with Crippen molar-refractivity contribution in [2.75, 3.05) is 6.26 Å². The van der Waals surface area contributed by atoms with Gasteiger partial charge in [-0.05, 0) is 31.6 Å². The Balaban J connectivity index is 1.91. The Kier molecular flexibility index (Phi) is 5.13. The van der Waals surface area contributed by atoms with Crippen molar-refractivity contribution in [2.24, 2.45) is 7.05 Å². The fraction of sp³-hybridized carbons (Fsp3) is 0.786. The maximum atomic E-state index is 4.50. The molecule has 2 atom stereocenters. The molecule has 0 saturated heterocycles. The molecule has 0 radical (unpaired) electrons. The summed E-state index contributed by atoms with van der Waals surface area (Å²) in [7, 11) is 2.04. The van der Waals surface area contributed by atoms with Crippen LogP contribution in [0, 0.1) is 0 Å². The van der Waals surface area contributed by atoms with Crippen LogP contribution >= 0.6 is 11.8 Å². The number of aromatic nitrogens is 2. The van der Waals surface area contributed by atoms with E-state index in [1.165, 1.54) is 37.1 Å². The summed E-state index contributed by atoms with van der Waals surface area (Å²) in [5.41, 5.74) is 2.50. The Morgan fingerprint density at radius 2 is 2.22 bits per heavy atom. The first-order valence-electron chi connectivity index (χ1n) is 7.02. The molecule has 1 aliphatic rings. The van der Waals surface area contributed by atoms with E-state index in [2.05, 4.69) is 29.7 Å². The van der Waals surface area contributed by atoms with E-state index in [4.69, 9.17) is 0 Å². The van der Waals surface area contributed by atoms with Crippen LogP contribution in [-0.4, -0.2) is 27.3 Å². The second kappa shape index (κ2) is 6.62. The van der Waals surface area contributed by atoms with Gasteiger partial charge < -0.3 is 5.32 Å². The van der Waals surface area contributed by atoms with Gasteiger partial charge in [0, 0.05) is 24.9 Å². The van der Waals surface area contributed by atoms with Crippen LogP contribution in [0.25, 0.3) is 0 Å². The van der Waals surface area contributed by atoms with Gasteiger partial charge in [-0.25, -0.2) is 0 Å². The van der Waals surface area contributed by atoms with Gasteiger partial charge >= 0.3 is 0 Å². The normalized spacial score (nSPS) is 24.4. The zero-order valence-corrected chi connectivity index (χ0v) is 12.6. The van der Waals surface area contributed by atoms with Gasteiger partial charge in [0.05, 0.1) is 11.4 Å². The minimum absolute atomic E-state index is 0.675. The molecule has 0 spiro atoms. The first-order valence-corrected chi connectivity index (χ1v) is 8.31. The average molecular weight is 267 g/mol. The zero-order valence-electron chi connectivity index (χ0n) is 11.8. The van der Waals surface area contributed by atoms with Gasteiger partial charge in [0.2, 0.25) is 0 Å². The van der Waals surface area contributed by atoms with E-state index < -0.39 is 0 Å². The standard InChI is InChI=1S/C14H25N3S/c1-4-11-9-12(17(2)16-11)10-15-13-7-5-6-8-14(13)18-3/h9,13-15H,4-8,10H2,1-3H3. The predicted octanol–water partition coefficient (Wildman–Crippen LogP) is 2.75. The molecule has 2 rings (SSSR count). The number of thioether (sulfide) groups is 1. The molecule has 4 heteroatoms. The second-order valence-electron chi connectivity index (χ2n) is 5.15. The van der Waals surface area contributed by atoms with Crippen molar-refractivity contribution in [3.8, 4) is 0 Å².